The Labute approximate surface area is 158 Å². The van der Waals surface area contributed by atoms with Crippen molar-refractivity contribution in [3.8, 4) is 11.4 Å². The number of hydrazone groups is 1. The fourth-order valence-electron chi connectivity index (χ4n) is 2.33. The first-order valence-electron chi connectivity index (χ1n) is 8.21. The largest absolute Gasteiger partial charge is 0.471 e. The Hall–Kier alpha value is -3.40. The summed E-state index contributed by atoms with van der Waals surface area (Å²) in [5.74, 6) is 4.49. The minimum absolute atomic E-state index is 0.126. The zero-order chi connectivity index (χ0) is 20.1. The number of rotatable bonds is 5. The molecule has 0 spiro atoms. The molecule has 1 heterocycles. The van der Waals surface area contributed by atoms with Crippen molar-refractivity contribution >= 4 is 5.84 Å². The van der Waals surface area contributed by atoms with Crippen LogP contribution in [-0.2, 0) is 12.7 Å². The van der Waals surface area contributed by atoms with Crippen molar-refractivity contribution in [1.29, 1.82) is 0 Å². The molecular formula is C18H17F3N6O. The van der Waals surface area contributed by atoms with Gasteiger partial charge >= 0.3 is 12.1 Å². The van der Waals surface area contributed by atoms with E-state index in [1.807, 2.05) is 31.2 Å². The second-order valence-corrected chi connectivity index (χ2v) is 5.92. The smallest absolute Gasteiger partial charge is 0.329 e. The van der Waals surface area contributed by atoms with E-state index in [-0.39, 0.29) is 5.82 Å². The molecule has 10 heteroatoms. The van der Waals surface area contributed by atoms with Crippen LogP contribution in [0.4, 0.5) is 13.2 Å². The van der Waals surface area contributed by atoms with E-state index in [1.54, 1.807) is 24.3 Å². The van der Waals surface area contributed by atoms with Crippen molar-refractivity contribution in [2.24, 2.45) is 10.9 Å². The lowest BCUT2D eigenvalue weighted by atomic mass is 10.1. The molecular weight excluding hydrogens is 373 g/mol. The molecule has 3 rings (SSSR count). The minimum atomic E-state index is -4.67. The molecule has 146 valence electrons. The number of nitrogens with zero attached hydrogens (tertiary/aromatic N) is 3. The molecule has 0 aliphatic heterocycles. The standard InChI is InChI=1S/C18H17F3N6O/c1-11-2-6-14(7-3-11)16(25-22)26-23-10-12-4-8-13(9-5-12)15-24-17(28-27-15)18(19,20)21/h2-9,23H,10,22H2,1H3,(H,25,26). The van der Waals surface area contributed by atoms with E-state index in [9.17, 15) is 13.2 Å². The maximum atomic E-state index is 12.5. The van der Waals surface area contributed by atoms with Crippen LogP contribution in [0.1, 0.15) is 22.6 Å². The van der Waals surface area contributed by atoms with Crippen molar-refractivity contribution in [3.63, 3.8) is 0 Å². The molecule has 0 bridgehead atoms. The summed E-state index contributed by atoms with van der Waals surface area (Å²) in [6.45, 7) is 2.37. The number of aromatic nitrogens is 2. The van der Waals surface area contributed by atoms with Gasteiger partial charge in [-0.3, -0.25) is 0 Å². The van der Waals surface area contributed by atoms with Crippen LogP contribution in [0.15, 0.2) is 58.2 Å². The van der Waals surface area contributed by atoms with Crippen LogP contribution in [0.25, 0.3) is 11.4 Å². The predicted molar refractivity (Wildman–Crippen MR) is 96.6 cm³/mol. The van der Waals surface area contributed by atoms with E-state index < -0.39 is 12.1 Å². The number of hydrogen-bond acceptors (Lipinski definition) is 6. The first-order valence-corrected chi connectivity index (χ1v) is 8.21. The number of hydrazine groups is 1. The Bertz CT molecular complexity index is 949. The first kappa shape index (κ1) is 19.4. The number of aryl methyl sites for hydroxylation is 1. The molecule has 0 radical (unpaired) electrons. The Kier molecular flexibility index (Phi) is 5.59. The van der Waals surface area contributed by atoms with Crippen LogP contribution in [-0.4, -0.2) is 16.0 Å². The lowest BCUT2D eigenvalue weighted by Crippen LogP contribution is -2.32. The third-order valence-corrected chi connectivity index (χ3v) is 3.82. The topological polar surface area (TPSA) is 101 Å². The molecule has 0 unspecified atom stereocenters. The summed E-state index contributed by atoms with van der Waals surface area (Å²) < 4.78 is 41.8. The second-order valence-electron chi connectivity index (χ2n) is 5.92. The van der Waals surface area contributed by atoms with Gasteiger partial charge in [0.15, 0.2) is 5.84 Å². The second kappa shape index (κ2) is 8.09. The highest BCUT2D eigenvalue weighted by Crippen LogP contribution is 2.29. The van der Waals surface area contributed by atoms with E-state index in [0.717, 1.165) is 16.7 Å². The number of hydrogen-bond donors (Lipinski definition) is 3. The number of nitrogens with one attached hydrogen (secondary N) is 2. The van der Waals surface area contributed by atoms with Crippen molar-refractivity contribution in [2.45, 2.75) is 19.6 Å². The average Bonchev–Trinajstić information content (AvgIpc) is 3.17. The van der Waals surface area contributed by atoms with E-state index >= 15 is 0 Å². The zero-order valence-corrected chi connectivity index (χ0v) is 14.8. The van der Waals surface area contributed by atoms with Crippen LogP contribution in [0.5, 0.6) is 0 Å². The Morgan fingerprint density at radius 2 is 1.79 bits per heavy atom. The summed E-state index contributed by atoms with van der Waals surface area (Å²) in [4.78, 5) is 3.36. The molecule has 0 atom stereocenters. The monoisotopic (exact) mass is 390 g/mol. The lowest BCUT2D eigenvalue weighted by Gasteiger charge is -2.08. The van der Waals surface area contributed by atoms with Gasteiger partial charge in [-0.25, -0.2) is 5.84 Å². The normalized spacial score (nSPS) is 12.1. The van der Waals surface area contributed by atoms with Gasteiger partial charge in [0.25, 0.3) is 0 Å². The number of amidine groups is 1. The summed E-state index contributed by atoms with van der Waals surface area (Å²) in [6.07, 6.45) is -4.67. The van der Waals surface area contributed by atoms with Crippen LogP contribution >= 0.6 is 0 Å². The lowest BCUT2D eigenvalue weighted by molar-refractivity contribution is -0.159. The Balaban J connectivity index is 1.64. The van der Waals surface area contributed by atoms with Gasteiger partial charge in [0.1, 0.15) is 0 Å². The highest BCUT2D eigenvalue weighted by molar-refractivity contribution is 5.98. The van der Waals surface area contributed by atoms with Crippen LogP contribution in [0.3, 0.4) is 0 Å². The summed E-state index contributed by atoms with van der Waals surface area (Å²) in [7, 11) is 0. The molecule has 0 aliphatic carbocycles. The molecule has 0 fully saturated rings. The predicted octanol–water partition coefficient (Wildman–Crippen LogP) is 2.98. The number of alkyl halides is 3. The third-order valence-electron chi connectivity index (χ3n) is 3.82. The molecule has 2 aromatic carbocycles. The summed E-state index contributed by atoms with van der Waals surface area (Å²) in [6, 6.07) is 14.3. The Morgan fingerprint density at radius 1 is 1.11 bits per heavy atom. The van der Waals surface area contributed by atoms with Gasteiger partial charge in [0, 0.05) is 11.1 Å². The average molecular weight is 390 g/mol. The SMILES string of the molecule is Cc1ccc(/C(=N/NCc2ccc(-c3noc(C(F)(F)F)n3)cc2)NN)cc1. The molecule has 0 saturated carbocycles. The Morgan fingerprint density at radius 3 is 2.36 bits per heavy atom. The van der Waals surface area contributed by atoms with Gasteiger partial charge in [-0.15, -0.1) is 0 Å². The number of halogens is 3. The molecule has 3 aromatic rings. The molecule has 0 amide bonds. The van der Waals surface area contributed by atoms with E-state index in [4.69, 9.17) is 5.84 Å². The van der Waals surface area contributed by atoms with Crippen LogP contribution in [0, 0.1) is 6.92 Å². The maximum Gasteiger partial charge on any atom is 0.471 e. The summed E-state index contributed by atoms with van der Waals surface area (Å²) in [5, 5.41) is 7.57. The highest BCUT2D eigenvalue weighted by Gasteiger charge is 2.38. The van der Waals surface area contributed by atoms with Crippen molar-refractivity contribution in [1.82, 2.24) is 21.0 Å². The third kappa shape index (κ3) is 4.65. The molecule has 0 aliphatic rings. The van der Waals surface area contributed by atoms with Crippen LogP contribution < -0.4 is 16.7 Å². The molecule has 1 aromatic heterocycles. The fraction of sp³-hybridized carbons (Fsp3) is 0.167. The van der Waals surface area contributed by atoms with Crippen molar-refractivity contribution < 1.29 is 17.7 Å². The highest BCUT2D eigenvalue weighted by atomic mass is 19.4. The molecule has 28 heavy (non-hydrogen) atoms. The van der Waals surface area contributed by atoms with E-state index in [1.165, 1.54) is 0 Å². The molecule has 7 nitrogen and oxygen atoms in total. The zero-order valence-electron chi connectivity index (χ0n) is 14.8. The van der Waals surface area contributed by atoms with Gasteiger partial charge in [0.2, 0.25) is 5.82 Å². The van der Waals surface area contributed by atoms with Gasteiger partial charge in [0.05, 0.1) is 6.54 Å². The van der Waals surface area contributed by atoms with Gasteiger partial charge in [-0.05, 0) is 12.5 Å². The summed E-state index contributed by atoms with van der Waals surface area (Å²) in [5.41, 5.74) is 8.65. The van der Waals surface area contributed by atoms with E-state index in [2.05, 4.69) is 30.6 Å². The summed E-state index contributed by atoms with van der Waals surface area (Å²) >= 11 is 0. The van der Waals surface area contributed by atoms with Gasteiger partial charge in [-0.2, -0.15) is 23.3 Å². The maximum absolute atomic E-state index is 12.5. The van der Waals surface area contributed by atoms with Crippen molar-refractivity contribution in [2.75, 3.05) is 0 Å². The first-order chi connectivity index (χ1) is 13.4. The number of benzene rings is 2. The van der Waals surface area contributed by atoms with E-state index in [0.29, 0.717) is 17.9 Å². The molecule has 4 N–H and O–H groups in total. The fourth-order valence-corrected chi connectivity index (χ4v) is 2.33. The van der Waals surface area contributed by atoms with Crippen molar-refractivity contribution in [3.05, 3.63) is 71.1 Å². The van der Waals surface area contributed by atoms with Gasteiger partial charge in [-0.1, -0.05) is 59.3 Å². The molecule has 0 saturated heterocycles. The van der Waals surface area contributed by atoms with Gasteiger partial charge < -0.3 is 15.4 Å². The number of nitrogens with two attached hydrogens (primary N) is 1. The van der Waals surface area contributed by atoms with Crippen LogP contribution in [0.2, 0.25) is 0 Å². The quantitative estimate of drug-likeness (QED) is 0.268. The minimum Gasteiger partial charge on any atom is -0.329 e.